The van der Waals surface area contributed by atoms with Crippen molar-refractivity contribution in [2.75, 3.05) is 5.32 Å². The first kappa shape index (κ1) is 23.9. The van der Waals surface area contributed by atoms with E-state index in [1.807, 2.05) is 75.5 Å². The third-order valence-electron chi connectivity index (χ3n) is 6.54. The van der Waals surface area contributed by atoms with Crippen LogP contribution >= 0.6 is 0 Å². The van der Waals surface area contributed by atoms with E-state index in [0.29, 0.717) is 12.8 Å². The number of nitrogens with one attached hydrogen (secondary N) is 2. The van der Waals surface area contributed by atoms with Crippen LogP contribution in [0.15, 0.2) is 65.3 Å². The Morgan fingerprint density at radius 2 is 1.75 bits per heavy atom. The Balaban J connectivity index is 1.26. The normalized spacial score (nSPS) is 18.2. The molecule has 0 spiro atoms. The fourth-order valence-electron chi connectivity index (χ4n) is 4.77. The van der Waals surface area contributed by atoms with Crippen LogP contribution in [0.2, 0.25) is 0 Å². The van der Waals surface area contributed by atoms with Crippen LogP contribution in [0, 0.1) is 5.92 Å². The number of hydrogen-bond donors (Lipinski definition) is 2. The van der Waals surface area contributed by atoms with Gasteiger partial charge in [-0.1, -0.05) is 24.3 Å². The van der Waals surface area contributed by atoms with Gasteiger partial charge in [0, 0.05) is 46.4 Å². The number of aromatic nitrogens is 1. The molecule has 0 saturated heterocycles. The van der Waals surface area contributed by atoms with Crippen molar-refractivity contribution in [2.45, 2.75) is 58.1 Å². The minimum atomic E-state index is -0.526. The summed E-state index contributed by atoms with van der Waals surface area (Å²) in [7, 11) is 0. The Bertz CT molecular complexity index is 1380. The maximum absolute atomic E-state index is 13.0. The Morgan fingerprint density at radius 3 is 2.50 bits per heavy atom. The number of benzene rings is 2. The van der Waals surface area contributed by atoms with E-state index in [9.17, 15) is 9.59 Å². The van der Waals surface area contributed by atoms with E-state index >= 15 is 0 Å². The van der Waals surface area contributed by atoms with Gasteiger partial charge in [-0.3, -0.25) is 9.78 Å². The summed E-state index contributed by atoms with van der Waals surface area (Å²) in [6, 6.07) is 15.8. The molecule has 1 aliphatic rings. The van der Waals surface area contributed by atoms with Crippen LogP contribution in [-0.4, -0.2) is 28.6 Å². The minimum absolute atomic E-state index is 0.00408. The van der Waals surface area contributed by atoms with Gasteiger partial charge in [-0.2, -0.15) is 0 Å². The summed E-state index contributed by atoms with van der Waals surface area (Å²) in [4.78, 5) is 29.5. The maximum Gasteiger partial charge on any atom is 0.407 e. The molecule has 2 aromatic carbocycles. The average molecular weight is 486 g/mol. The molecule has 0 atom stereocenters. The molecule has 0 radical (unpaired) electrons. The van der Waals surface area contributed by atoms with Crippen LogP contribution < -0.4 is 10.6 Å². The van der Waals surface area contributed by atoms with Crippen LogP contribution in [0.1, 0.15) is 46.5 Å². The van der Waals surface area contributed by atoms with Crippen LogP contribution in [0.25, 0.3) is 33.1 Å². The lowest BCUT2D eigenvalue weighted by Crippen LogP contribution is -2.42. The third kappa shape index (κ3) is 5.35. The molecular weight excluding hydrogens is 454 g/mol. The highest BCUT2D eigenvalue weighted by Crippen LogP contribution is 2.34. The highest BCUT2D eigenvalue weighted by Gasteiger charge is 2.28. The van der Waals surface area contributed by atoms with Crippen LogP contribution in [0.5, 0.6) is 0 Å². The quantitative estimate of drug-likeness (QED) is 0.337. The second-order valence-electron chi connectivity index (χ2n) is 10.5. The van der Waals surface area contributed by atoms with Crippen molar-refractivity contribution in [2.24, 2.45) is 5.92 Å². The zero-order valence-electron chi connectivity index (χ0n) is 20.8. The highest BCUT2D eigenvalue weighted by atomic mass is 16.6. The van der Waals surface area contributed by atoms with Gasteiger partial charge in [0.05, 0.1) is 0 Å². The molecule has 2 heterocycles. The summed E-state index contributed by atoms with van der Waals surface area (Å²) in [5.41, 5.74) is 1.92. The molecule has 1 fully saturated rings. The van der Waals surface area contributed by atoms with Crippen LogP contribution in [0.3, 0.4) is 0 Å². The Labute approximate surface area is 210 Å². The van der Waals surface area contributed by atoms with E-state index in [1.165, 1.54) is 0 Å². The molecule has 186 valence electrons. The van der Waals surface area contributed by atoms with Gasteiger partial charge in [-0.05, 0) is 76.1 Å². The molecule has 7 nitrogen and oxygen atoms in total. The average Bonchev–Trinajstić information content (AvgIpc) is 3.27. The van der Waals surface area contributed by atoms with E-state index in [-0.39, 0.29) is 17.9 Å². The maximum atomic E-state index is 13.0. The molecule has 2 N–H and O–H groups in total. The minimum Gasteiger partial charge on any atom is -0.456 e. The summed E-state index contributed by atoms with van der Waals surface area (Å²) < 4.78 is 11.4. The first-order valence-electron chi connectivity index (χ1n) is 12.4. The zero-order valence-corrected chi connectivity index (χ0v) is 20.8. The molecule has 7 heteroatoms. The number of pyridine rings is 1. The predicted molar refractivity (Wildman–Crippen MR) is 141 cm³/mol. The van der Waals surface area contributed by atoms with Gasteiger partial charge in [-0.25, -0.2) is 4.79 Å². The largest absolute Gasteiger partial charge is 0.456 e. The van der Waals surface area contributed by atoms with E-state index in [4.69, 9.17) is 9.15 Å². The molecule has 36 heavy (non-hydrogen) atoms. The second kappa shape index (κ2) is 9.64. The number of para-hydroxylation sites is 1. The number of amides is 2. The Hall–Kier alpha value is -3.87. The number of rotatable bonds is 4. The number of carbonyl (C=O) groups is 2. The molecule has 0 unspecified atom stereocenters. The van der Waals surface area contributed by atoms with Crippen molar-refractivity contribution in [1.82, 2.24) is 10.3 Å². The van der Waals surface area contributed by atoms with Crippen LogP contribution in [-0.2, 0) is 9.53 Å². The molecule has 4 aromatic rings. The van der Waals surface area contributed by atoms with Gasteiger partial charge in [0.25, 0.3) is 0 Å². The van der Waals surface area contributed by atoms with E-state index < -0.39 is 11.7 Å². The molecule has 1 aliphatic carbocycles. The molecule has 5 rings (SSSR count). The molecule has 1 saturated carbocycles. The summed E-state index contributed by atoms with van der Waals surface area (Å²) in [6.45, 7) is 5.53. The number of nitrogens with zero attached hydrogens (tertiary/aromatic N) is 1. The lowest BCUT2D eigenvalue weighted by Gasteiger charge is -2.29. The number of hydrogen-bond acceptors (Lipinski definition) is 5. The number of furan rings is 1. The number of fused-ring (bicyclic) bond motifs is 2. The molecule has 2 aromatic heterocycles. The fourth-order valence-corrected chi connectivity index (χ4v) is 4.77. The van der Waals surface area contributed by atoms with Gasteiger partial charge in [0.15, 0.2) is 0 Å². The summed E-state index contributed by atoms with van der Waals surface area (Å²) in [5, 5.41) is 8.99. The van der Waals surface area contributed by atoms with Gasteiger partial charge < -0.3 is 19.8 Å². The predicted octanol–water partition coefficient (Wildman–Crippen LogP) is 6.67. The number of anilines is 1. The second-order valence-corrected chi connectivity index (χ2v) is 10.5. The topological polar surface area (TPSA) is 93.5 Å². The van der Waals surface area contributed by atoms with Crippen LogP contribution in [0.4, 0.5) is 10.5 Å². The van der Waals surface area contributed by atoms with Gasteiger partial charge in [0.2, 0.25) is 5.91 Å². The monoisotopic (exact) mass is 485 g/mol. The van der Waals surface area contributed by atoms with Crippen molar-refractivity contribution in [3.8, 4) is 11.3 Å². The van der Waals surface area contributed by atoms with Crippen molar-refractivity contribution in [3.63, 3.8) is 0 Å². The van der Waals surface area contributed by atoms with Gasteiger partial charge in [-0.15, -0.1) is 0 Å². The smallest absolute Gasteiger partial charge is 0.407 e. The lowest BCUT2D eigenvalue weighted by atomic mass is 9.85. The molecular formula is C29H31N3O4. The number of ether oxygens (including phenoxy) is 1. The fraction of sp³-hybridized carbons (Fsp3) is 0.345. The Kier molecular flexibility index (Phi) is 6.39. The lowest BCUT2D eigenvalue weighted by molar-refractivity contribution is -0.120. The van der Waals surface area contributed by atoms with Crippen molar-refractivity contribution < 1.29 is 18.7 Å². The zero-order chi connectivity index (χ0) is 25.3. The summed E-state index contributed by atoms with van der Waals surface area (Å²) >= 11 is 0. The van der Waals surface area contributed by atoms with E-state index in [2.05, 4.69) is 15.6 Å². The van der Waals surface area contributed by atoms with Crippen molar-refractivity contribution in [1.29, 1.82) is 0 Å². The number of alkyl carbamates (subject to hydrolysis) is 1. The summed E-state index contributed by atoms with van der Waals surface area (Å²) in [5.74, 6) is 0.655. The number of carbonyl (C=O) groups excluding carboxylic acids is 2. The first-order chi connectivity index (χ1) is 17.2. The third-order valence-corrected chi connectivity index (χ3v) is 6.54. The molecule has 0 aliphatic heterocycles. The van der Waals surface area contributed by atoms with Crippen molar-refractivity contribution in [3.05, 3.63) is 60.9 Å². The van der Waals surface area contributed by atoms with E-state index in [1.54, 1.807) is 6.20 Å². The SMILES string of the molecule is CC(C)(C)OC(=O)NC1CCC(C(=O)Nc2ccc3cncc(-c4cc5ccccc5o4)c3c2)CC1. The highest BCUT2D eigenvalue weighted by molar-refractivity contribution is 6.01. The Morgan fingerprint density at radius 1 is 0.972 bits per heavy atom. The van der Waals surface area contributed by atoms with Gasteiger partial charge in [0.1, 0.15) is 16.9 Å². The van der Waals surface area contributed by atoms with Gasteiger partial charge >= 0.3 is 6.09 Å². The van der Waals surface area contributed by atoms with Crippen molar-refractivity contribution >= 4 is 39.4 Å². The molecule has 2 amide bonds. The standard InChI is InChI=1S/C29H31N3O4/c1-29(2,3)36-28(34)32-21-11-8-18(9-12-21)27(33)31-22-13-10-20-16-30-17-24(23(20)15-22)26-14-19-6-4-5-7-25(19)35-26/h4-7,10,13-18,21H,8-9,11-12H2,1-3H3,(H,31,33)(H,32,34). The molecule has 0 bridgehead atoms. The summed E-state index contributed by atoms with van der Waals surface area (Å²) in [6.07, 6.45) is 6.13. The first-order valence-corrected chi connectivity index (χ1v) is 12.4. The van der Waals surface area contributed by atoms with E-state index in [0.717, 1.165) is 51.6 Å².